The van der Waals surface area contributed by atoms with Crippen LogP contribution in [0.5, 0.6) is 0 Å². The predicted molar refractivity (Wildman–Crippen MR) is 17.2 cm³/mol. The van der Waals surface area contributed by atoms with Gasteiger partial charge in [0, 0.05) is 5.69 Å². The van der Waals surface area contributed by atoms with Crippen LogP contribution in [-0.2, 0) is 0 Å². The maximum atomic E-state index is 7.64. The lowest BCUT2D eigenvalue weighted by atomic mass is 11.8. The Labute approximate surface area is 28.1 Å². The Bertz CT molecular complexity index is 35.8. The van der Waals surface area contributed by atoms with Gasteiger partial charge in [0.2, 0.25) is 0 Å². The lowest BCUT2D eigenvalue weighted by Gasteiger charge is -1.41. The minimum atomic E-state index is 0.446. The molecule has 0 saturated heterocycles. The molecule has 0 fully saturated rings. The molecule has 0 unspecified atom stereocenters. The van der Waals surface area contributed by atoms with E-state index in [0.29, 0.717) is 9.52 Å². The third-order valence-corrected chi connectivity index (χ3v) is 0.335. The summed E-state index contributed by atoms with van der Waals surface area (Å²) in [7, 11) is 0.446. The van der Waals surface area contributed by atoms with E-state index < -0.39 is 0 Å². The van der Waals surface area contributed by atoms with Crippen LogP contribution in [-0.4, -0.2) is 9.52 Å². The van der Waals surface area contributed by atoms with E-state index in [4.69, 9.17) is 5.26 Å². The smallest absolute Gasteiger partial charge is 0.183 e. The predicted octanol–water partition coefficient (Wildman–Crippen LogP) is 0.220. The monoisotopic (exact) mass is 69.0 g/mol. The lowest BCUT2D eigenvalue weighted by Crippen LogP contribution is -1.63. The van der Waals surface area contributed by atoms with E-state index >= 15 is 0 Å². The SMILES string of the molecule is C[Si]C#N. The van der Waals surface area contributed by atoms with Gasteiger partial charge in [0.15, 0.2) is 9.52 Å². The van der Waals surface area contributed by atoms with Crippen molar-refractivity contribution in [2.75, 3.05) is 0 Å². The van der Waals surface area contributed by atoms with Crippen LogP contribution in [0.1, 0.15) is 0 Å². The van der Waals surface area contributed by atoms with Crippen LogP contribution in [0.15, 0.2) is 0 Å². The van der Waals surface area contributed by atoms with E-state index in [2.05, 4.69) is 0 Å². The van der Waals surface area contributed by atoms with Crippen LogP contribution in [0.3, 0.4) is 0 Å². The Morgan fingerprint density at radius 1 is 2.00 bits per heavy atom. The van der Waals surface area contributed by atoms with Gasteiger partial charge < -0.3 is 0 Å². The molecule has 0 aromatic heterocycles. The number of nitrogens with zero attached hydrogens (tertiary/aromatic N) is 1. The highest BCUT2D eigenvalue weighted by molar-refractivity contribution is 6.43. The summed E-state index contributed by atoms with van der Waals surface area (Å²) in [4.78, 5) is 0. The summed E-state index contributed by atoms with van der Waals surface area (Å²) in [6.07, 6.45) is 0. The summed E-state index contributed by atoms with van der Waals surface area (Å²) in [6, 6.07) is 0. The van der Waals surface area contributed by atoms with E-state index in [1.807, 2.05) is 12.2 Å². The van der Waals surface area contributed by atoms with Crippen LogP contribution in [0, 0.1) is 11.0 Å². The van der Waals surface area contributed by atoms with Gasteiger partial charge in [-0.1, -0.05) is 6.55 Å². The molecule has 0 N–H and O–H groups in total. The van der Waals surface area contributed by atoms with Gasteiger partial charge in [-0.3, -0.25) is 0 Å². The Kier molecular flexibility index (Phi) is 2.51. The number of hydrogen-bond donors (Lipinski definition) is 0. The molecule has 0 aliphatic heterocycles. The van der Waals surface area contributed by atoms with Crippen molar-refractivity contribution >= 4 is 9.52 Å². The van der Waals surface area contributed by atoms with Gasteiger partial charge in [-0.2, -0.15) is 0 Å². The van der Waals surface area contributed by atoms with Gasteiger partial charge >= 0.3 is 0 Å². The first-order valence-electron chi connectivity index (χ1n) is 0.974. The van der Waals surface area contributed by atoms with E-state index in [9.17, 15) is 0 Å². The molecule has 0 amide bonds. The summed E-state index contributed by atoms with van der Waals surface area (Å²) in [5.74, 6) is 0. The quantitative estimate of drug-likeness (QED) is 0.373. The molecular formula is C2H3NSi. The zero-order valence-corrected chi connectivity index (χ0v) is 3.45. The van der Waals surface area contributed by atoms with E-state index in [-0.39, 0.29) is 0 Å². The highest BCUT2D eigenvalue weighted by Crippen LogP contribution is 1.37. The zero-order valence-electron chi connectivity index (χ0n) is 2.45. The van der Waals surface area contributed by atoms with Gasteiger partial charge in [0.1, 0.15) is 0 Å². The molecular weight excluding hydrogens is 66.1 g/mol. The lowest BCUT2D eigenvalue weighted by molar-refractivity contribution is 1.56. The maximum absolute atomic E-state index is 7.64. The number of nitriles is 1. The Hall–Kier alpha value is -0.293. The molecule has 0 spiro atoms. The Balaban J connectivity index is 2.43. The largest absolute Gasteiger partial charge is 0.207 e. The van der Waals surface area contributed by atoms with Crippen LogP contribution in [0.4, 0.5) is 0 Å². The fourth-order valence-electron chi connectivity index (χ4n) is 0. The van der Waals surface area contributed by atoms with Crippen molar-refractivity contribution in [3.63, 3.8) is 0 Å². The molecule has 4 heavy (non-hydrogen) atoms. The topological polar surface area (TPSA) is 23.8 Å². The van der Waals surface area contributed by atoms with Crippen molar-refractivity contribution in [3.05, 3.63) is 0 Å². The molecule has 0 aromatic rings. The molecule has 0 atom stereocenters. The van der Waals surface area contributed by atoms with Gasteiger partial charge in [0.05, 0.1) is 0 Å². The highest BCUT2D eigenvalue weighted by Gasteiger charge is 1.55. The first-order valence-corrected chi connectivity index (χ1v) is 2.47. The van der Waals surface area contributed by atoms with Crippen LogP contribution >= 0.6 is 0 Å². The molecule has 0 rings (SSSR count). The Morgan fingerprint density at radius 2 is 2.25 bits per heavy atom. The molecule has 0 aromatic carbocycles. The van der Waals surface area contributed by atoms with E-state index in [0.717, 1.165) is 0 Å². The highest BCUT2D eigenvalue weighted by atomic mass is 28.2. The standard InChI is InChI=1S/C2H3NSi/c1-4-2-3/h1H3. The summed E-state index contributed by atoms with van der Waals surface area (Å²) in [5.41, 5.74) is 1.96. The summed E-state index contributed by atoms with van der Waals surface area (Å²) in [5, 5.41) is 7.64. The molecule has 1 nitrogen and oxygen atoms in total. The maximum Gasteiger partial charge on any atom is 0.183 e. The summed E-state index contributed by atoms with van der Waals surface area (Å²) >= 11 is 0. The van der Waals surface area contributed by atoms with Crippen LogP contribution < -0.4 is 0 Å². The first-order chi connectivity index (χ1) is 1.91. The van der Waals surface area contributed by atoms with Gasteiger partial charge in [-0.15, -0.1) is 0 Å². The average molecular weight is 69.1 g/mol. The minimum Gasteiger partial charge on any atom is -0.207 e. The van der Waals surface area contributed by atoms with Crippen LogP contribution in [0.2, 0.25) is 6.55 Å². The summed E-state index contributed by atoms with van der Waals surface area (Å²) < 4.78 is 0. The third kappa shape index (κ3) is 1.71. The van der Waals surface area contributed by atoms with E-state index in [1.54, 1.807) is 0 Å². The van der Waals surface area contributed by atoms with Gasteiger partial charge in [-0.05, 0) is 0 Å². The van der Waals surface area contributed by atoms with Crippen molar-refractivity contribution in [2.24, 2.45) is 0 Å². The fourth-order valence-corrected chi connectivity index (χ4v) is 0. The van der Waals surface area contributed by atoms with Crippen molar-refractivity contribution in [2.45, 2.75) is 6.55 Å². The first kappa shape index (κ1) is 3.71. The second kappa shape index (κ2) is 2.71. The molecule has 20 valence electrons. The molecule has 0 saturated carbocycles. The van der Waals surface area contributed by atoms with Crippen molar-refractivity contribution in [3.8, 4) is 5.69 Å². The molecule has 0 aliphatic rings. The number of hydrogen-bond acceptors (Lipinski definition) is 1. The molecule has 0 bridgehead atoms. The van der Waals surface area contributed by atoms with Crippen LogP contribution in [0.25, 0.3) is 0 Å². The normalized spacial score (nSPS) is 5.00. The van der Waals surface area contributed by atoms with Gasteiger partial charge in [0.25, 0.3) is 0 Å². The van der Waals surface area contributed by atoms with E-state index in [1.165, 1.54) is 0 Å². The Morgan fingerprint density at radius 3 is 2.25 bits per heavy atom. The van der Waals surface area contributed by atoms with Crippen molar-refractivity contribution in [1.82, 2.24) is 0 Å². The van der Waals surface area contributed by atoms with Gasteiger partial charge in [-0.25, -0.2) is 5.26 Å². The number of rotatable bonds is 0. The molecule has 0 heterocycles. The van der Waals surface area contributed by atoms with Crippen molar-refractivity contribution < 1.29 is 0 Å². The summed E-state index contributed by atoms with van der Waals surface area (Å²) in [6.45, 7) is 1.85. The fraction of sp³-hybridized carbons (Fsp3) is 0.500. The second-order valence-corrected chi connectivity index (χ2v) is 1.09. The molecule has 2 heteroatoms. The molecule has 0 aliphatic carbocycles. The average Bonchev–Trinajstić information content (AvgIpc) is 1.37. The van der Waals surface area contributed by atoms with Crippen molar-refractivity contribution in [1.29, 1.82) is 5.26 Å². The third-order valence-electron chi connectivity index (χ3n) is 0.112. The minimum absolute atomic E-state index is 0.446. The zero-order chi connectivity index (χ0) is 3.41. The second-order valence-electron chi connectivity index (χ2n) is 0.362. The molecule has 2 radical (unpaired) electrons.